The Balaban J connectivity index is 1.97. The van der Waals surface area contributed by atoms with Gasteiger partial charge in [0.25, 0.3) is 6.43 Å². The molecule has 0 bridgehead atoms. The second-order valence-electron chi connectivity index (χ2n) is 6.17. The van der Waals surface area contributed by atoms with E-state index in [0.29, 0.717) is 31.5 Å². The Labute approximate surface area is 126 Å². The van der Waals surface area contributed by atoms with Crippen LogP contribution in [0.3, 0.4) is 0 Å². The third kappa shape index (κ3) is 2.37. The van der Waals surface area contributed by atoms with Gasteiger partial charge in [0.2, 0.25) is 5.91 Å². The van der Waals surface area contributed by atoms with Gasteiger partial charge in [-0.25, -0.2) is 18.2 Å². The maximum atomic E-state index is 13.4. The minimum atomic E-state index is -2.72. The molecule has 0 saturated carbocycles. The molecule has 0 aromatic carbocycles. The summed E-state index contributed by atoms with van der Waals surface area (Å²) in [6.45, 7) is 2.49. The molecular weight excluding hydrogens is 295 g/mol. The summed E-state index contributed by atoms with van der Waals surface area (Å²) in [5.74, 6) is -1.07. The number of rotatable bonds is 2. The summed E-state index contributed by atoms with van der Waals surface area (Å²) >= 11 is 0. The SMILES string of the molecule is CC1(C(F)F)CCCN2CCC(c3cncc(F)c3)N2C1=O. The van der Waals surface area contributed by atoms with E-state index in [-0.39, 0.29) is 6.42 Å². The second-order valence-corrected chi connectivity index (χ2v) is 6.17. The Hall–Kier alpha value is -1.63. The number of aromatic nitrogens is 1. The highest BCUT2D eigenvalue weighted by molar-refractivity contribution is 5.83. The molecule has 2 atom stereocenters. The fourth-order valence-electron chi connectivity index (χ4n) is 3.31. The average Bonchev–Trinajstić information content (AvgIpc) is 2.84. The summed E-state index contributed by atoms with van der Waals surface area (Å²) in [7, 11) is 0. The van der Waals surface area contributed by atoms with Gasteiger partial charge in [0.15, 0.2) is 0 Å². The molecule has 22 heavy (non-hydrogen) atoms. The van der Waals surface area contributed by atoms with Crippen molar-refractivity contribution in [2.75, 3.05) is 13.1 Å². The van der Waals surface area contributed by atoms with E-state index in [0.717, 1.165) is 6.20 Å². The van der Waals surface area contributed by atoms with Gasteiger partial charge in [-0.15, -0.1) is 0 Å². The van der Waals surface area contributed by atoms with Crippen LogP contribution in [0.5, 0.6) is 0 Å². The standard InChI is InChI=1S/C15H18F3N3O/c1-15(13(17)18)4-2-5-20-6-3-12(21(20)14(15)22)10-7-11(16)9-19-8-10/h7-9,12-13H,2-6H2,1H3. The van der Waals surface area contributed by atoms with E-state index in [1.54, 1.807) is 0 Å². The zero-order chi connectivity index (χ0) is 15.9. The number of alkyl halides is 2. The van der Waals surface area contributed by atoms with Crippen LogP contribution < -0.4 is 0 Å². The van der Waals surface area contributed by atoms with Crippen molar-refractivity contribution in [3.05, 3.63) is 29.8 Å². The zero-order valence-electron chi connectivity index (χ0n) is 12.3. The fraction of sp³-hybridized carbons (Fsp3) is 0.600. The van der Waals surface area contributed by atoms with Gasteiger partial charge in [0, 0.05) is 19.3 Å². The van der Waals surface area contributed by atoms with Crippen LogP contribution >= 0.6 is 0 Å². The van der Waals surface area contributed by atoms with Crippen molar-refractivity contribution in [2.45, 2.75) is 38.7 Å². The Morgan fingerprint density at radius 1 is 1.36 bits per heavy atom. The first kappa shape index (κ1) is 15.3. The molecule has 0 spiro atoms. The number of hydrazine groups is 1. The van der Waals surface area contributed by atoms with Crippen LogP contribution in [-0.2, 0) is 4.79 Å². The molecule has 2 fully saturated rings. The Kier molecular flexibility index (Phi) is 3.84. The monoisotopic (exact) mass is 313 g/mol. The molecule has 3 heterocycles. The first-order valence-corrected chi connectivity index (χ1v) is 7.40. The predicted molar refractivity (Wildman–Crippen MR) is 73.3 cm³/mol. The van der Waals surface area contributed by atoms with Crippen molar-refractivity contribution in [1.29, 1.82) is 0 Å². The van der Waals surface area contributed by atoms with E-state index >= 15 is 0 Å². The van der Waals surface area contributed by atoms with Crippen LogP contribution in [0.4, 0.5) is 13.2 Å². The van der Waals surface area contributed by atoms with Crippen molar-refractivity contribution < 1.29 is 18.0 Å². The number of amides is 1. The molecule has 4 nitrogen and oxygen atoms in total. The zero-order valence-corrected chi connectivity index (χ0v) is 12.3. The molecule has 1 aromatic heterocycles. The van der Waals surface area contributed by atoms with E-state index in [4.69, 9.17) is 0 Å². The van der Waals surface area contributed by atoms with Gasteiger partial charge in [0.05, 0.1) is 12.2 Å². The average molecular weight is 313 g/mol. The minimum absolute atomic E-state index is 0.157. The third-order valence-electron chi connectivity index (χ3n) is 4.66. The topological polar surface area (TPSA) is 36.4 Å². The Morgan fingerprint density at radius 3 is 2.82 bits per heavy atom. The van der Waals surface area contributed by atoms with Gasteiger partial charge in [-0.2, -0.15) is 0 Å². The molecule has 2 aliphatic rings. The first-order chi connectivity index (χ1) is 10.4. The van der Waals surface area contributed by atoms with Gasteiger partial charge in [-0.3, -0.25) is 14.8 Å². The summed E-state index contributed by atoms with van der Waals surface area (Å²) < 4.78 is 40.3. The number of carbonyl (C=O) groups is 1. The lowest BCUT2D eigenvalue weighted by Crippen LogP contribution is -2.49. The van der Waals surface area contributed by atoms with E-state index in [2.05, 4.69) is 4.98 Å². The lowest BCUT2D eigenvalue weighted by molar-refractivity contribution is -0.164. The number of hydrogen-bond donors (Lipinski definition) is 0. The van der Waals surface area contributed by atoms with Crippen molar-refractivity contribution in [2.24, 2.45) is 5.41 Å². The van der Waals surface area contributed by atoms with Crippen LogP contribution in [0, 0.1) is 11.2 Å². The Morgan fingerprint density at radius 2 is 2.14 bits per heavy atom. The summed E-state index contributed by atoms with van der Waals surface area (Å²) in [6, 6.07) is 0.894. The molecule has 120 valence electrons. The number of carbonyl (C=O) groups excluding carboxylic acids is 1. The quantitative estimate of drug-likeness (QED) is 0.842. The number of hydrogen-bond acceptors (Lipinski definition) is 3. The first-order valence-electron chi connectivity index (χ1n) is 7.40. The maximum absolute atomic E-state index is 13.4. The molecule has 1 amide bonds. The van der Waals surface area contributed by atoms with E-state index < -0.39 is 29.6 Å². The highest BCUT2D eigenvalue weighted by atomic mass is 19.3. The maximum Gasteiger partial charge on any atom is 0.252 e. The smallest absolute Gasteiger partial charge is 0.252 e. The summed E-state index contributed by atoms with van der Waals surface area (Å²) in [6.07, 6.45) is 1.16. The van der Waals surface area contributed by atoms with Crippen molar-refractivity contribution in [3.63, 3.8) is 0 Å². The van der Waals surface area contributed by atoms with Gasteiger partial charge in [-0.05, 0) is 37.8 Å². The second kappa shape index (κ2) is 5.53. The van der Waals surface area contributed by atoms with Crippen molar-refractivity contribution in [3.8, 4) is 0 Å². The van der Waals surface area contributed by atoms with Crippen LogP contribution in [-0.4, -0.2) is 40.4 Å². The van der Waals surface area contributed by atoms with Crippen LogP contribution in [0.25, 0.3) is 0 Å². The molecule has 2 saturated heterocycles. The predicted octanol–water partition coefficient (Wildman–Crippen LogP) is 2.78. The molecular formula is C15H18F3N3O. The summed E-state index contributed by atoms with van der Waals surface area (Å²) in [4.78, 5) is 16.6. The van der Waals surface area contributed by atoms with Gasteiger partial charge >= 0.3 is 0 Å². The van der Waals surface area contributed by atoms with Crippen LogP contribution in [0.15, 0.2) is 18.5 Å². The Bertz CT molecular complexity index is 583. The normalized spacial score (nSPS) is 29.8. The van der Waals surface area contributed by atoms with Gasteiger partial charge < -0.3 is 0 Å². The van der Waals surface area contributed by atoms with E-state index in [1.807, 2.05) is 5.01 Å². The number of pyridine rings is 1. The fourth-order valence-corrected chi connectivity index (χ4v) is 3.31. The molecule has 0 radical (unpaired) electrons. The highest BCUT2D eigenvalue weighted by Crippen LogP contribution is 2.42. The lowest BCUT2D eigenvalue weighted by atomic mass is 9.84. The van der Waals surface area contributed by atoms with Crippen LogP contribution in [0.2, 0.25) is 0 Å². The molecule has 1 aromatic rings. The highest BCUT2D eigenvalue weighted by Gasteiger charge is 2.51. The van der Waals surface area contributed by atoms with Gasteiger partial charge in [-0.1, -0.05) is 0 Å². The summed E-state index contributed by atoms with van der Waals surface area (Å²) in [5, 5.41) is 3.22. The molecule has 2 unspecified atom stereocenters. The molecule has 3 rings (SSSR count). The van der Waals surface area contributed by atoms with Crippen molar-refractivity contribution >= 4 is 5.91 Å². The van der Waals surface area contributed by atoms with Crippen LogP contribution in [0.1, 0.15) is 37.8 Å². The van der Waals surface area contributed by atoms with E-state index in [9.17, 15) is 18.0 Å². The number of halogens is 3. The molecule has 7 heteroatoms. The van der Waals surface area contributed by atoms with Gasteiger partial charge in [0.1, 0.15) is 11.2 Å². The van der Waals surface area contributed by atoms with E-state index in [1.165, 1.54) is 24.2 Å². The summed E-state index contributed by atoms with van der Waals surface area (Å²) in [5.41, 5.74) is -1.13. The number of fused-ring (bicyclic) bond motifs is 1. The lowest BCUT2D eigenvalue weighted by Gasteiger charge is -2.35. The number of nitrogens with zero attached hydrogens (tertiary/aromatic N) is 3. The molecule has 0 N–H and O–H groups in total. The molecule has 2 aliphatic heterocycles. The molecule has 0 aliphatic carbocycles. The minimum Gasteiger partial charge on any atom is -0.273 e. The largest absolute Gasteiger partial charge is 0.273 e. The van der Waals surface area contributed by atoms with Crippen molar-refractivity contribution in [1.82, 2.24) is 15.0 Å². The third-order valence-corrected chi connectivity index (χ3v) is 4.66.